The summed E-state index contributed by atoms with van der Waals surface area (Å²) in [7, 11) is -8.15. The Balaban J connectivity index is 1.79. The fourth-order valence-electron chi connectivity index (χ4n) is 3.54. The van der Waals surface area contributed by atoms with Crippen LogP contribution in [-0.4, -0.2) is 35.0 Å². The fraction of sp³-hybridized carbons (Fsp3) is 0.208. The maximum Gasteiger partial charge on any atom is 0.416 e. The number of halogens is 4. The van der Waals surface area contributed by atoms with E-state index in [-0.39, 0.29) is 27.0 Å². The van der Waals surface area contributed by atoms with Gasteiger partial charge < -0.3 is 5.32 Å². The molecular weight excluding hydrogens is 567 g/mol. The number of aryl methyl sites for hydroxylation is 1. The molecule has 3 aromatic carbocycles. The van der Waals surface area contributed by atoms with E-state index in [0.717, 1.165) is 34.8 Å². The van der Waals surface area contributed by atoms with Crippen molar-refractivity contribution in [2.45, 2.75) is 31.0 Å². The summed E-state index contributed by atoms with van der Waals surface area (Å²) in [4.78, 5) is 12.7. The summed E-state index contributed by atoms with van der Waals surface area (Å²) >= 11 is 6.03. The zero-order chi connectivity index (χ0) is 28.5. The normalized spacial score (nSPS) is 13.0. The molecule has 0 spiro atoms. The third kappa shape index (κ3) is 6.97. The van der Waals surface area contributed by atoms with Crippen LogP contribution in [0, 0.1) is 6.92 Å². The molecule has 0 radical (unpaired) electrons. The number of hydrogen-bond donors (Lipinski definition) is 2. The van der Waals surface area contributed by atoms with E-state index in [9.17, 15) is 34.8 Å². The lowest BCUT2D eigenvalue weighted by Gasteiger charge is -2.29. The van der Waals surface area contributed by atoms with Crippen LogP contribution in [0.15, 0.2) is 71.6 Å². The Hall–Kier alpha value is -3.29. The molecule has 2 N–H and O–H groups in total. The second-order valence-electron chi connectivity index (χ2n) is 8.36. The first-order valence-corrected chi connectivity index (χ1v) is 14.6. The van der Waals surface area contributed by atoms with E-state index < -0.39 is 43.7 Å². The summed E-state index contributed by atoms with van der Waals surface area (Å²) < 4.78 is 92.2. The second-order valence-corrected chi connectivity index (χ2v) is 12.3. The Morgan fingerprint density at radius 3 is 2.16 bits per heavy atom. The maximum atomic E-state index is 12.9. The van der Waals surface area contributed by atoms with Crippen LogP contribution in [-0.2, 0) is 31.0 Å². The molecule has 1 atom stereocenters. The van der Waals surface area contributed by atoms with Gasteiger partial charge in [-0.15, -0.1) is 0 Å². The minimum Gasteiger partial charge on any atom is -0.324 e. The number of nitrogens with one attached hydrogen (secondary N) is 2. The van der Waals surface area contributed by atoms with E-state index in [4.69, 9.17) is 11.6 Å². The van der Waals surface area contributed by atoms with Crippen LogP contribution in [0.4, 0.5) is 30.2 Å². The molecule has 3 rings (SSSR count). The Kier molecular flexibility index (Phi) is 8.34. The van der Waals surface area contributed by atoms with Crippen LogP contribution in [0.1, 0.15) is 18.1 Å². The van der Waals surface area contributed by atoms with Gasteiger partial charge in [0.05, 0.1) is 22.4 Å². The average molecular weight is 590 g/mol. The monoisotopic (exact) mass is 589 g/mol. The summed E-state index contributed by atoms with van der Waals surface area (Å²) in [6.07, 6.45) is -3.69. The van der Waals surface area contributed by atoms with E-state index >= 15 is 0 Å². The number of sulfonamides is 2. The van der Waals surface area contributed by atoms with Gasteiger partial charge in [0.2, 0.25) is 15.9 Å². The lowest BCUT2D eigenvalue weighted by Crippen LogP contribution is -2.45. The highest BCUT2D eigenvalue weighted by atomic mass is 35.5. The summed E-state index contributed by atoms with van der Waals surface area (Å²) in [5.41, 5.74) is -0.326. The van der Waals surface area contributed by atoms with Gasteiger partial charge in [-0.25, -0.2) is 16.8 Å². The number of nitrogens with zero attached hydrogens (tertiary/aromatic N) is 1. The largest absolute Gasteiger partial charge is 0.416 e. The number of hydrogen-bond acceptors (Lipinski definition) is 5. The van der Waals surface area contributed by atoms with Crippen molar-refractivity contribution in [3.63, 3.8) is 0 Å². The third-order valence-electron chi connectivity index (χ3n) is 5.37. The highest BCUT2D eigenvalue weighted by Gasteiger charge is 2.32. The average Bonchev–Trinajstić information content (AvgIpc) is 2.80. The molecule has 0 aliphatic rings. The Morgan fingerprint density at radius 2 is 1.58 bits per heavy atom. The molecule has 0 aliphatic heterocycles. The SMILES string of the molecule is Cc1ccc(Cl)cc1N([C@@H](C)C(=O)Nc1ccc(S(=O)(=O)Nc2cccc(C(F)(F)F)c2)cc1)S(C)(=O)=O. The standard InChI is InChI=1S/C24H23ClF3N3O5S2/c1-15-7-8-18(25)14-22(15)31(37(3,33)34)16(2)23(32)29-19-9-11-21(12-10-19)38(35,36)30-20-6-4-5-17(13-20)24(26,27)28/h4-14,16,30H,1-3H3,(H,29,32)/t16-/m0/s1. The number of rotatable bonds is 8. The number of benzene rings is 3. The molecule has 0 saturated heterocycles. The number of carbonyl (C=O) groups excluding carboxylic acids is 1. The van der Waals surface area contributed by atoms with E-state index in [1.54, 1.807) is 19.1 Å². The highest BCUT2D eigenvalue weighted by molar-refractivity contribution is 7.92. The van der Waals surface area contributed by atoms with E-state index in [1.165, 1.54) is 31.2 Å². The van der Waals surface area contributed by atoms with Gasteiger partial charge in [-0.3, -0.25) is 13.8 Å². The molecule has 38 heavy (non-hydrogen) atoms. The predicted octanol–water partition coefficient (Wildman–Crippen LogP) is 5.26. The summed E-state index contributed by atoms with van der Waals surface area (Å²) in [6, 6.07) is 12.0. The maximum absolute atomic E-state index is 12.9. The zero-order valence-electron chi connectivity index (χ0n) is 20.2. The minimum absolute atomic E-state index is 0.163. The molecule has 0 unspecified atom stereocenters. The van der Waals surface area contributed by atoms with E-state index in [0.29, 0.717) is 11.6 Å². The number of amides is 1. The lowest BCUT2D eigenvalue weighted by atomic mass is 10.1. The summed E-state index contributed by atoms with van der Waals surface area (Å²) in [6.45, 7) is 3.05. The van der Waals surface area contributed by atoms with Crippen LogP contribution >= 0.6 is 11.6 Å². The van der Waals surface area contributed by atoms with Gasteiger partial charge in [0, 0.05) is 16.4 Å². The van der Waals surface area contributed by atoms with Crippen molar-refractivity contribution in [3.05, 3.63) is 82.9 Å². The first-order chi connectivity index (χ1) is 17.5. The molecule has 0 fully saturated rings. The molecule has 0 aliphatic carbocycles. The molecular formula is C24H23ClF3N3O5S2. The van der Waals surface area contributed by atoms with Crippen molar-refractivity contribution in [1.82, 2.24) is 0 Å². The molecule has 204 valence electrons. The zero-order valence-corrected chi connectivity index (χ0v) is 22.6. The van der Waals surface area contributed by atoms with Crippen molar-refractivity contribution >= 4 is 54.6 Å². The molecule has 8 nitrogen and oxygen atoms in total. The third-order valence-corrected chi connectivity index (χ3v) is 8.23. The van der Waals surface area contributed by atoms with Gasteiger partial charge in [-0.05, 0) is 74.0 Å². The van der Waals surface area contributed by atoms with Gasteiger partial charge in [0.1, 0.15) is 6.04 Å². The summed E-state index contributed by atoms with van der Waals surface area (Å²) in [5, 5.41) is 2.81. The first kappa shape index (κ1) is 29.3. The van der Waals surface area contributed by atoms with Crippen molar-refractivity contribution in [2.24, 2.45) is 0 Å². The van der Waals surface area contributed by atoms with Gasteiger partial charge in [0.15, 0.2) is 0 Å². The molecule has 3 aromatic rings. The Labute approximate surface area is 223 Å². The Morgan fingerprint density at radius 1 is 0.947 bits per heavy atom. The fourth-order valence-corrected chi connectivity index (χ4v) is 5.98. The first-order valence-electron chi connectivity index (χ1n) is 10.9. The van der Waals surface area contributed by atoms with Crippen LogP contribution in [0.5, 0.6) is 0 Å². The lowest BCUT2D eigenvalue weighted by molar-refractivity contribution is -0.137. The van der Waals surface area contributed by atoms with Crippen LogP contribution < -0.4 is 14.3 Å². The van der Waals surface area contributed by atoms with Crippen molar-refractivity contribution < 1.29 is 34.8 Å². The molecule has 0 heterocycles. The molecule has 1 amide bonds. The smallest absolute Gasteiger partial charge is 0.324 e. The number of alkyl halides is 3. The quantitative estimate of drug-likeness (QED) is 0.372. The van der Waals surface area contributed by atoms with Crippen molar-refractivity contribution in [3.8, 4) is 0 Å². The van der Waals surface area contributed by atoms with E-state index in [2.05, 4.69) is 10.0 Å². The van der Waals surface area contributed by atoms with Gasteiger partial charge >= 0.3 is 6.18 Å². The van der Waals surface area contributed by atoms with Crippen molar-refractivity contribution in [2.75, 3.05) is 20.6 Å². The van der Waals surface area contributed by atoms with Crippen LogP contribution in [0.25, 0.3) is 0 Å². The highest BCUT2D eigenvalue weighted by Crippen LogP contribution is 2.32. The number of anilines is 3. The van der Waals surface area contributed by atoms with Gasteiger partial charge in [0.25, 0.3) is 10.0 Å². The van der Waals surface area contributed by atoms with Gasteiger partial charge in [-0.2, -0.15) is 13.2 Å². The summed E-state index contributed by atoms with van der Waals surface area (Å²) in [5.74, 6) is -0.701. The molecule has 0 saturated carbocycles. The number of carbonyl (C=O) groups is 1. The molecule has 14 heteroatoms. The minimum atomic E-state index is -4.64. The van der Waals surface area contributed by atoms with E-state index in [1.807, 2.05) is 0 Å². The van der Waals surface area contributed by atoms with Gasteiger partial charge in [-0.1, -0.05) is 23.7 Å². The predicted molar refractivity (Wildman–Crippen MR) is 140 cm³/mol. The second kappa shape index (κ2) is 10.8. The van der Waals surface area contributed by atoms with Crippen LogP contribution in [0.2, 0.25) is 5.02 Å². The Bertz CT molecular complexity index is 1560. The molecule has 0 aromatic heterocycles. The molecule has 0 bridgehead atoms. The topological polar surface area (TPSA) is 113 Å². The van der Waals surface area contributed by atoms with Crippen molar-refractivity contribution in [1.29, 1.82) is 0 Å². The van der Waals surface area contributed by atoms with Crippen LogP contribution in [0.3, 0.4) is 0 Å².